The van der Waals surface area contributed by atoms with Gasteiger partial charge in [-0.05, 0) is 42.7 Å². The number of halogens is 1. The number of aromatic amines is 1. The van der Waals surface area contributed by atoms with Crippen molar-refractivity contribution in [3.63, 3.8) is 0 Å². The fourth-order valence-corrected chi connectivity index (χ4v) is 4.30. The van der Waals surface area contributed by atoms with Crippen LogP contribution in [0.3, 0.4) is 0 Å². The van der Waals surface area contributed by atoms with Crippen LogP contribution in [0.25, 0.3) is 11.0 Å². The van der Waals surface area contributed by atoms with Gasteiger partial charge in [0.2, 0.25) is 0 Å². The van der Waals surface area contributed by atoms with E-state index in [1.807, 2.05) is 18.2 Å². The smallest absolute Gasteiger partial charge is 0.410 e. The van der Waals surface area contributed by atoms with Gasteiger partial charge in [-0.3, -0.25) is 9.88 Å². The van der Waals surface area contributed by atoms with Gasteiger partial charge >= 0.3 is 6.09 Å². The number of rotatable bonds is 1. The normalized spacial score (nSPS) is 20.2. The third-order valence-corrected chi connectivity index (χ3v) is 5.60. The highest BCUT2D eigenvalue weighted by Crippen LogP contribution is 2.57. The van der Waals surface area contributed by atoms with Crippen molar-refractivity contribution in [1.82, 2.24) is 14.9 Å². The molecule has 132 valence electrons. The largest absolute Gasteiger partial charge is 0.453 e. The molecule has 1 fully saturated rings. The van der Waals surface area contributed by atoms with Crippen LogP contribution >= 0.6 is 0 Å². The molecule has 1 aliphatic carbocycles. The lowest BCUT2D eigenvalue weighted by atomic mass is 9.84. The first-order valence-electron chi connectivity index (χ1n) is 8.70. The number of H-pyrrole nitrogens is 1. The van der Waals surface area contributed by atoms with E-state index in [0.717, 1.165) is 35.1 Å². The SMILES string of the molecule is COC(=O)N1CC2(CC2)c2c([nH]c3cccnc23)C1c1cccc(F)c1. The van der Waals surface area contributed by atoms with Gasteiger partial charge in [-0.15, -0.1) is 0 Å². The number of pyridine rings is 1. The van der Waals surface area contributed by atoms with E-state index in [0.29, 0.717) is 6.54 Å². The zero-order valence-electron chi connectivity index (χ0n) is 14.3. The molecular weight excluding hydrogens is 333 g/mol. The molecule has 5 nitrogen and oxygen atoms in total. The first-order valence-corrected chi connectivity index (χ1v) is 8.70. The van der Waals surface area contributed by atoms with Crippen LogP contribution in [0.4, 0.5) is 9.18 Å². The minimum atomic E-state index is -0.423. The monoisotopic (exact) mass is 351 g/mol. The van der Waals surface area contributed by atoms with Crippen molar-refractivity contribution < 1.29 is 13.9 Å². The summed E-state index contributed by atoms with van der Waals surface area (Å²) in [5, 5.41) is 0. The number of carbonyl (C=O) groups is 1. The average molecular weight is 351 g/mol. The maximum atomic E-state index is 13.9. The van der Waals surface area contributed by atoms with Crippen LogP contribution in [0.5, 0.6) is 0 Å². The van der Waals surface area contributed by atoms with Crippen molar-refractivity contribution in [2.75, 3.05) is 13.7 Å². The Bertz CT molecular complexity index is 1020. The van der Waals surface area contributed by atoms with Gasteiger partial charge in [-0.25, -0.2) is 9.18 Å². The van der Waals surface area contributed by atoms with E-state index in [-0.39, 0.29) is 11.2 Å². The molecule has 1 unspecified atom stereocenters. The minimum Gasteiger partial charge on any atom is -0.453 e. The summed E-state index contributed by atoms with van der Waals surface area (Å²) in [4.78, 5) is 22.3. The summed E-state index contributed by atoms with van der Waals surface area (Å²) in [5.41, 5.74) is 4.61. The lowest BCUT2D eigenvalue weighted by molar-refractivity contribution is 0.101. The van der Waals surface area contributed by atoms with Crippen LogP contribution < -0.4 is 0 Å². The molecule has 6 heteroatoms. The molecule has 1 amide bonds. The number of methoxy groups -OCH3 is 1. The first kappa shape index (κ1) is 15.4. The third-order valence-electron chi connectivity index (χ3n) is 5.60. The van der Waals surface area contributed by atoms with Gasteiger partial charge in [0.15, 0.2) is 0 Å². The second kappa shape index (κ2) is 5.30. The van der Waals surface area contributed by atoms with Gasteiger partial charge in [0.25, 0.3) is 0 Å². The molecule has 1 aromatic carbocycles. The Morgan fingerprint density at radius 2 is 2.19 bits per heavy atom. The van der Waals surface area contributed by atoms with Crippen LogP contribution in [0.15, 0.2) is 42.6 Å². The molecule has 26 heavy (non-hydrogen) atoms. The highest BCUT2D eigenvalue weighted by Gasteiger charge is 2.55. The lowest BCUT2D eigenvalue weighted by Crippen LogP contribution is -2.45. The van der Waals surface area contributed by atoms with Crippen LogP contribution in [-0.4, -0.2) is 34.6 Å². The van der Waals surface area contributed by atoms with E-state index in [9.17, 15) is 9.18 Å². The standard InChI is InChI=1S/C20H18FN3O2/c1-26-19(25)24-11-20(7-8-20)15-16-14(6-3-9-22-16)23-17(15)18(24)12-4-2-5-13(21)10-12/h2-6,9-10,18,23H,7-8,11H2,1H3. The highest BCUT2D eigenvalue weighted by molar-refractivity contribution is 5.84. The summed E-state index contributed by atoms with van der Waals surface area (Å²) in [6.45, 7) is 0.553. The number of hydrogen-bond donors (Lipinski definition) is 1. The molecule has 1 saturated carbocycles. The van der Waals surface area contributed by atoms with Crippen LogP contribution in [0.1, 0.15) is 35.7 Å². The van der Waals surface area contributed by atoms with Crippen molar-refractivity contribution in [2.45, 2.75) is 24.3 Å². The molecule has 3 aromatic rings. The Balaban J connectivity index is 1.78. The zero-order chi connectivity index (χ0) is 17.9. The number of carbonyl (C=O) groups excluding carboxylic acids is 1. The predicted octanol–water partition coefficient (Wildman–Crippen LogP) is 3.91. The van der Waals surface area contributed by atoms with Gasteiger partial charge in [0, 0.05) is 29.4 Å². The second-order valence-corrected chi connectivity index (χ2v) is 7.15. The van der Waals surface area contributed by atoms with Gasteiger partial charge in [-0.1, -0.05) is 12.1 Å². The predicted molar refractivity (Wildman–Crippen MR) is 94.4 cm³/mol. The van der Waals surface area contributed by atoms with Gasteiger partial charge in [0.05, 0.1) is 18.1 Å². The molecule has 1 spiro atoms. The molecule has 0 bridgehead atoms. The van der Waals surface area contributed by atoms with Gasteiger partial charge in [-0.2, -0.15) is 0 Å². The Kier molecular flexibility index (Phi) is 3.13. The van der Waals surface area contributed by atoms with Crippen molar-refractivity contribution in [3.8, 4) is 0 Å². The number of ether oxygens (including phenoxy) is 1. The van der Waals surface area contributed by atoms with Crippen molar-refractivity contribution in [1.29, 1.82) is 0 Å². The maximum Gasteiger partial charge on any atom is 0.410 e. The van der Waals surface area contributed by atoms with Crippen molar-refractivity contribution in [2.24, 2.45) is 0 Å². The fourth-order valence-electron chi connectivity index (χ4n) is 4.30. The van der Waals surface area contributed by atoms with E-state index in [1.165, 1.54) is 24.8 Å². The molecule has 3 heterocycles. The average Bonchev–Trinajstić information content (AvgIpc) is 3.30. The Hall–Kier alpha value is -2.89. The summed E-state index contributed by atoms with van der Waals surface area (Å²) in [7, 11) is 1.38. The Morgan fingerprint density at radius 1 is 1.35 bits per heavy atom. The van der Waals surface area contributed by atoms with E-state index in [1.54, 1.807) is 17.2 Å². The van der Waals surface area contributed by atoms with E-state index in [2.05, 4.69) is 9.97 Å². The van der Waals surface area contributed by atoms with Crippen LogP contribution in [0.2, 0.25) is 0 Å². The zero-order valence-corrected chi connectivity index (χ0v) is 14.3. The summed E-state index contributed by atoms with van der Waals surface area (Å²) in [6.07, 6.45) is 3.40. The number of benzene rings is 1. The van der Waals surface area contributed by atoms with Gasteiger partial charge in [0.1, 0.15) is 11.9 Å². The van der Waals surface area contributed by atoms with Crippen molar-refractivity contribution >= 4 is 17.1 Å². The molecular formula is C20H18FN3O2. The number of nitrogens with zero attached hydrogens (tertiary/aromatic N) is 2. The van der Waals surface area contributed by atoms with Crippen molar-refractivity contribution in [3.05, 3.63) is 65.2 Å². The summed E-state index contributed by atoms with van der Waals surface area (Å²) >= 11 is 0. The summed E-state index contributed by atoms with van der Waals surface area (Å²) in [5.74, 6) is -0.324. The summed E-state index contributed by atoms with van der Waals surface area (Å²) in [6, 6.07) is 9.85. The lowest BCUT2D eigenvalue weighted by Gasteiger charge is -2.39. The molecule has 1 aliphatic heterocycles. The summed E-state index contributed by atoms with van der Waals surface area (Å²) < 4.78 is 19.0. The second-order valence-electron chi connectivity index (χ2n) is 7.15. The maximum absolute atomic E-state index is 13.9. The fraction of sp³-hybridized carbons (Fsp3) is 0.300. The molecule has 1 atom stereocenters. The molecule has 1 N–H and O–H groups in total. The van der Waals surface area contributed by atoms with E-state index < -0.39 is 12.1 Å². The van der Waals surface area contributed by atoms with Gasteiger partial charge < -0.3 is 9.72 Å². The molecule has 2 aliphatic rings. The first-order chi connectivity index (χ1) is 12.6. The minimum absolute atomic E-state index is 0.0834. The van der Waals surface area contributed by atoms with E-state index >= 15 is 0 Å². The number of amides is 1. The Morgan fingerprint density at radius 3 is 2.92 bits per heavy atom. The third kappa shape index (κ3) is 2.08. The molecule has 0 radical (unpaired) electrons. The Labute approximate surface area is 149 Å². The molecule has 2 aromatic heterocycles. The number of fused-ring (bicyclic) bond motifs is 4. The topological polar surface area (TPSA) is 58.2 Å². The van der Waals surface area contributed by atoms with Crippen LogP contribution in [0, 0.1) is 5.82 Å². The van der Waals surface area contributed by atoms with Crippen LogP contribution in [-0.2, 0) is 10.2 Å². The highest BCUT2D eigenvalue weighted by atomic mass is 19.1. The quantitative estimate of drug-likeness (QED) is 0.723. The molecule has 0 saturated heterocycles. The van der Waals surface area contributed by atoms with E-state index in [4.69, 9.17) is 4.74 Å². The molecule has 5 rings (SSSR count). The number of nitrogens with one attached hydrogen (secondary N) is 1. The number of hydrogen-bond acceptors (Lipinski definition) is 3. The number of aromatic nitrogens is 2.